The monoisotopic (exact) mass is 208 g/mol. The molecule has 0 amide bonds. The van der Waals surface area contributed by atoms with Crippen molar-refractivity contribution in [1.29, 1.82) is 5.26 Å². The average Bonchev–Trinajstić information content (AvgIpc) is 2.26. The van der Waals surface area contributed by atoms with Crippen LogP contribution in [0.25, 0.3) is 0 Å². The lowest BCUT2D eigenvalue weighted by Gasteiger charge is -2.05. The highest BCUT2D eigenvalue weighted by Crippen LogP contribution is 2.32. The van der Waals surface area contributed by atoms with Crippen LogP contribution in [0.5, 0.6) is 5.75 Å². The van der Waals surface area contributed by atoms with Crippen LogP contribution in [0.1, 0.15) is 11.1 Å². The van der Waals surface area contributed by atoms with Crippen LogP contribution in [0.3, 0.4) is 0 Å². The SMILES string of the molecule is COc1ccc(CO)c(C#N)c1[N+](=O)[O-]. The summed E-state index contributed by atoms with van der Waals surface area (Å²) < 4.78 is 4.77. The third kappa shape index (κ3) is 1.87. The van der Waals surface area contributed by atoms with Gasteiger partial charge in [-0.2, -0.15) is 5.26 Å². The molecule has 15 heavy (non-hydrogen) atoms. The summed E-state index contributed by atoms with van der Waals surface area (Å²) in [6, 6.07) is 4.46. The molecule has 1 rings (SSSR count). The van der Waals surface area contributed by atoms with Crippen molar-refractivity contribution in [1.82, 2.24) is 0 Å². The third-order valence-electron chi connectivity index (χ3n) is 1.91. The van der Waals surface area contributed by atoms with Crippen molar-refractivity contribution in [3.05, 3.63) is 33.4 Å². The minimum Gasteiger partial charge on any atom is -0.490 e. The maximum Gasteiger partial charge on any atom is 0.328 e. The first-order valence-corrected chi connectivity index (χ1v) is 4.01. The van der Waals surface area contributed by atoms with Gasteiger partial charge in [-0.15, -0.1) is 0 Å². The summed E-state index contributed by atoms with van der Waals surface area (Å²) >= 11 is 0. The van der Waals surface area contributed by atoms with Crippen molar-refractivity contribution in [2.24, 2.45) is 0 Å². The van der Waals surface area contributed by atoms with Gasteiger partial charge in [0.2, 0.25) is 0 Å². The van der Waals surface area contributed by atoms with E-state index in [4.69, 9.17) is 15.1 Å². The second-order valence-electron chi connectivity index (χ2n) is 2.68. The zero-order valence-corrected chi connectivity index (χ0v) is 7.93. The number of ether oxygens (including phenoxy) is 1. The number of rotatable bonds is 3. The Morgan fingerprint density at radius 1 is 1.67 bits per heavy atom. The molecule has 0 saturated carbocycles. The fourth-order valence-corrected chi connectivity index (χ4v) is 1.22. The number of nitriles is 1. The van der Waals surface area contributed by atoms with Gasteiger partial charge < -0.3 is 9.84 Å². The van der Waals surface area contributed by atoms with Gasteiger partial charge in [0.1, 0.15) is 11.6 Å². The molecule has 6 heteroatoms. The largest absolute Gasteiger partial charge is 0.490 e. The summed E-state index contributed by atoms with van der Waals surface area (Å²) in [5, 5.41) is 28.4. The lowest BCUT2D eigenvalue weighted by atomic mass is 10.1. The Labute approximate surface area is 85.5 Å². The van der Waals surface area contributed by atoms with Gasteiger partial charge in [-0.1, -0.05) is 6.07 Å². The van der Waals surface area contributed by atoms with E-state index in [-0.39, 0.29) is 16.9 Å². The standard InChI is InChI=1S/C9H8N2O4/c1-15-8-3-2-6(5-12)7(4-10)9(8)11(13)14/h2-3,12H,5H2,1H3. The van der Waals surface area contributed by atoms with Crippen molar-refractivity contribution in [2.75, 3.05) is 7.11 Å². The van der Waals surface area contributed by atoms with Crippen molar-refractivity contribution < 1.29 is 14.8 Å². The van der Waals surface area contributed by atoms with Gasteiger partial charge >= 0.3 is 5.69 Å². The Morgan fingerprint density at radius 3 is 2.73 bits per heavy atom. The van der Waals surface area contributed by atoms with Crippen LogP contribution >= 0.6 is 0 Å². The maximum absolute atomic E-state index is 10.7. The zero-order chi connectivity index (χ0) is 11.4. The highest BCUT2D eigenvalue weighted by atomic mass is 16.6. The van der Waals surface area contributed by atoms with Crippen LogP contribution in [0.15, 0.2) is 12.1 Å². The van der Waals surface area contributed by atoms with Crippen LogP contribution in [-0.4, -0.2) is 17.1 Å². The molecule has 1 N–H and O–H groups in total. The number of nitro benzene ring substituents is 1. The van der Waals surface area contributed by atoms with E-state index in [1.54, 1.807) is 6.07 Å². The molecule has 0 aliphatic carbocycles. The number of nitro groups is 1. The Hall–Kier alpha value is -2.13. The average molecular weight is 208 g/mol. The van der Waals surface area contributed by atoms with Crippen LogP contribution < -0.4 is 4.74 Å². The Kier molecular flexibility index (Phi) is 3.21. The number of benzene rings is 1. The van der Waals surface area contributed by atoms with Gasteiger partial charge in [-0.3, -0.25) is 10.1 Å². The van der Waals surface area contributed by atoms with E-state index in [1.165, 1.54) is 19.2 Å². The summed E-state index contributed by atoms with van der Waals surface area (Å²) in [5.41, 5.74) is -0.363. The molecule has 0 spiro atoms. The molecule has 0 radical (unpaired) electrons. The fourth-order valence-electron chi connectivity index (χ4n) is 1.22. The van der Waals surface area contributed by atoms with Gasteiger partial charge in [0.25, 0.3) is 0 Å². The normalized spacial score (nSPS) is 9.40. The fraction of sp³-hybridized carbons (Fsp3) is 0.222. The molecule has 0 atom stereocenters. The molecule has 0 aliphatic rings. The lowest BCUT2D eigenvalue weighted by molar-refractivity contribution is -0.386. The van der Waals surface area contributed by atoms with Gasteiger partial charge in [-0.05, 0) is 6.07 Å². The van der Waals surface area contributed by atoms with Crippen LogP contribution in [0.4, 0.5) is 5.69 Å². The quantitative estimate of drug-likeness (QED) is 0.589. The Balaban J connectivity index is 3.53. The summed E-state index contributed by atoms with van der Waals surface area (Å²) in [5.74, 6) is 0.00810. The Morgan fingerprint density at radius 2 is 2.33 bits per heavy atom. The molecule has 78 valence electrons. The molecular weight excluding hydrogens is 200 g/mol. The molecule has 1 aromatic rings. The third-order valence-corrected chi connectivity index (χ3v) is 1.91. The molecule has 1 aromatic carbocycles. The summed E-state index contributed by atoms with van der Waals surface area (Å²) in [4.78, 5) is 10.0. The number of hydrogen-bond acceptors (Lipinski definition) is 5. The van der Waals surface area contributed by atoms with Crippen LogP contribution in [0, 0.1) is 21.4 Å². The van der Waals surface area contributed by atoms with Crippen molar-refractivity contribution >= 4 is 5.69 Å². The van der Waals surface area contributed by atoms with Crippen molar-refractivity contribution in [3.63, 3.8) is 0 Å². The van der Waals surface area contributed by atoms with E-state index in [9.17, 15) is 10.1 Å². The molecule has 0 fully saturated rings. The summed E-state index contributed by atoms with van der Waals surface area (Å²) in [6.45, 7) is -0.423. The van der Waals surface area contributed by atoms with E-state index >= 15 is 0 Å². The predicted molar refractivity (Wildman–Crippen MR) is 50.3 cm³/mol. The number of aliphatic hydroxyl groups excluding tert-OH is 1. The van der Waals surface area contributed by atoms with Gasteiger partial charge in [-0.25, -0.2) is 0 Å². The van der Waals surface area contributed by atoms with Crippen LogP contribution in [-0.2, 0) is 6.61 Å². The van der Waals surface area contributed by atoms with Crippen LogP contribution in [0.2, 0.25) is 0 Å². The van der Waals surface area contributed by atoms with E-state index < -0.39 is 17.2 Å². The van der Waals surface area contributed by atoms with Crippen molar-refractivity contribution in [3.8, 4) is 11.8 Å². The first-order valence-electron chi connectivity index (χ1n) is 4.01. The lowest BCUT2D eigenvalue weighted by Crippen LogP contribution is -2.00. The Bertz CT molecular complexity index is 436. The molecule has 0 bridgehead atoms. The summed E-state index contributed by atoms with van der Waals surface area (Å²) in [7, 11) is 1.28. The number of nitrogens with zero attached hydrogens (tertiary/aromatic N) is 2. The molecule has 0 unspecified atom stereocenters. The zero-order valence-electron chi connectivity index (χ0n) is 7.93. The maximum atomic E-state index is 10.7. The van der Waals surface area contributed by atoms with Gasteiger partial charge in [0, 0.05) is 5.56 Å². The van der Waals surface area contributed by atoms with Gasteiger partial charge in [0.05, 0.1) is 18.6 Å². The van der Waals surface area contributed by atoms with E-state index in [1.807, 2.05) is 0 Å². The number of methoxy groups -OCH3 is 1. The molecule has 0 heterocycles. The second kappa shape index (κ2) is 4.39. The highest BCUT2D eigenvalue weighted by molar-refractivity contribution is 5.61. The van der Waals surface area contributed by atoms with Gasteiger partial charge in [0.15, 0.2) is 5.75 Å². The summed E-state index contributed by atoms with van der Waals surface area (Å²) in [6.07, 6.45) is 0. The minimum atomic E-state index is -0.698. The molecule has 0 aromatic heterocycles. The number of aliphatic hydroxyl groups is 1. The van der Waals surface area contributed by atoms with E-state index in [2.05, 4.69) is 0 Å². The van der Waals surface area contributed by atoms with E-state index in [0.29, 0.717) is 0 Å². The first-order chi connectivity index (χ1) is 7.15. The molecule has 0 aliphatic heterocycles. The highest BCUT2D eigenvalue weighted by Gasteiger charge is 2.23. The number of hydrogen-bond donors (Lipinski definition) is 1. The molecular formula is C9H8N2O4. The minimum absolute atomic E-state index is 0.00810. The molecule has 6 nitrogen and oxygen atoms in total. The van der Waals surface area contributed by atoms with Crippen molar-refractivity contribution in [2.45, 2.75) is 6.61 Å². The first kappa shape index (κ1) is 10.9. The topological polar surface area (TPSA) is 96.4 Å². The van der Waals surface area contributed by atoms with E-state index in [0.717, 1.165) is 0 Å². The predicted octanol–water partition coefficient (Wildman–Crippen LogP) is 0.967. The molecule has 0 saturated heterocycles. The smallest absolute Gasteiger partial charge is 0.328 e. The second-order valence-corrected chi connectivity index (χ2v) is 2.68.